The van der Waals surface area contributed by atoms with Crippen LogP contribution in [0.5, 0.6) is 0 Å². The lowest BCUT2D eigenvalue weighted by Crippen LogP contribution is -1.99. The molecule has 17 heavy (non-hydrogen) atoms. The van der Waals surface area contributed by atoms with Crippen molar-refractivity contribution in [2.75, 3.05) is 0 Å². The van der Waals surface area contributed by atoms with Gasteiger partial charge in [-0.2, -0.15) is 0 Å². The molecule has 0 fully saturated rings. The van der Waals surface area contributed by atoms with E-state index in [4.69, 9.17) is 5.11 Å². The fourth-order valence-corrected chi connectivity index (χ4v) is 2.30. The molecule has 0 bridgehead atoms. The lowest BCUT2D eigenvalue weighted by molar-refractivity contribution is 0.413. The number of hydrogen-bond acceptors (Lipinski definition) is 1. The minimum Gasteiger partial charge on any atom is -0.508 e. The smallest absolute Gasteiger partial charge is 0.111 e. The highest BCUT2D eigenvalue weighted by molar-refractivity contribution is 5.16. The minimum atomic E-state index is 0.435. The van der Waals surface area contributed by atoms with Gasteiger partial charge in [0, 0.05) is 0 Å². The summed E-state index contributed by atoms with van der Waals surface area (Å²) in [4.78, 5) is 0. The zero-order chi connectivity index (χ0) is 12.5. The van der Waals surface area contributed by atoms with E-state index in [0.717, 1.165) is 6.42 Å². The fraction of sp³-hybridized carbons (Fsp3) is 0.625. The van der Waals surface area contributed by atoms with Gasteiger partial charge in [-0.15, -0.1) is 0 Å². The summed E-state index contributed by atoms with van der Waals surface area (Å²) in [5, 5.41) is 9.08. The molecule has 1 atom stereocenters. The molecule has 0 aromatic rings. The van der Waals surface area contributed by atoms with Crippen molar-refractivity contribution in [3.63, 3.8) is 0 Å². The maximum Gasteiger partial charge on any atom is 0.111 e. The Morgan fingerprint density at radius 1 is 1.35 bits per heavy atom. The molecular formula is C16H26O. The van der Waals surface area contributed by atoms with E-state index in [-0.39, 0.29) is 0 Å². The van der Waals surface area contributed by atoms with Gasteiger partial charge in [0.05, 0.1) is 0 Å². The molecule has 1 unspecified atom stereocenters. The third kappa shape index (κ3) is 6.35. The molecule has 0 saturated heterocycles. The number of aliphatic hydroxyl groups excluding tert-OH is 1. The van der Waals surface area contributed by atoms with Crippen LogP contribution >= 0.6 is 0 Å². The molecule has 0 aliphatic heterocycles. The second-order valence-corrected chi connectivity index (χ2v) is 5.07. The largest absolute Gasteiger partial charge is 0.508 e. The molecule has 96 valence electrons. The Labute approximate surface area is 106 Å². The summed E-state index contributed by atoms with van der Waals surface area (Å²) < 4.78 is 0. The Kier molecular flexibility index (Phi) is 6.76. The molecule has 1 N–H and O–H groups in total. The van der Waals surface area contributed by atoms with Gasteiger partial charge in [-0.1, -0.05) is 31.1 Å². The Balaban J connectivity index is 0.000000181. The van der Waals surface area contributed by atoms with Gasteiger partial charge in [-0.3, -0.25) is 0 Å². The molecule has 1 nitrogen and oxygen atoms in total. The second-order valence-electron chi connectivity index (χ2n) is 5.07. The number of rotatable bonds is 2. The van der Waals surface area contributed by atoms with Crippen molar-refractivity contribution in [2.24, 2.45) is 5.92 Å². The SMILES string of the molecule is CC1=CCCCC1.CCCC1C=C(O)C=CC1. The van der Waals surface area contributed by atoms with E-state index >= 15 is 0 Å². The standard InChI is InChI=1S/C9H14O.C7H12/c1-2-4-8-5-3-6-9(10)7-8;1-7-5-3-2-4-6-7/h3,6-8,10H,2,4-5H2,1H3;5H,2-4,6H2,1H3. The van der Waals surface area contributed by atoms with Crippen LogP contribution in [0.25, 0.3) is 0 Å². The average Bonchev–Trinajstić information content (AvgIpc) is 2.31. The van der Waals surface area contributed by atoms with E-state index in [9.17, 15) is 0 Å². The number of aliphatic hydroxyl groups is 1. The van der Waals surface area contributed by atoms with Gasteiger partial charge in [-0.05, 0) is 63.5 Å². The first-order chi connectivity index (χ1) is 8.22. The molecule has 0 heterocycles. The highest BCUT2D eigenvalue weighted by atomic mass is 16.3. The van der Waals surface area contributed by atoms with Crippen molar-refractivity contribution in [1.29, 1.82) is 0 Å². The van der Waals surface area contributed by atoms with Crippen LogP contribution in [0.2, 0.25) is 0 Å². The van der Waals surface area contributed by atoms with Gasteiger partial charge in [0.15, 0.2) is 0 Å². The molecule has 2 aliphatic carbocycles. The van der Waals surface area contributed by atoms with E-state index in [0.29, 0.717) is 11.7 Å². The van der Waals surface area contributed by atoms with Gasteiger partial charge >= 0.3 is 0 Å². The Hall–Kier alpha value is -0.980. The summed E-state index contributed by atoms with van der Waals surface area (Å²) in [6.07, 6.45) is 17.1. The van der Waals surface area contributed by atoms with Crippen molar-refractivity contribution < 1.29 is 5.11 Å². The van der Waals surface area contributed by atoms with Gasteiger partial charge in [0.25, 0.3) is 0 Å². The third-order valence-electron chi connectivity index (χ3n) is 3.31. The van der Waals surface area contributed by atoms with Gasteiger partial charge in [0.2, 0.25) is 0 Å². The molecular weight excluding hydrogens is 208 g/mol. The summed E-state index contributed by atoms with van der Waals surface area (Å²) in [6.45, 7) is 4.39. The zero-order valence-corrected chi connectivity index (χ0v) is 11.3. The average molecular weight is 234 g/mol. The quantitative estimate of drug-likeness (QED) is 0.642. The summed E-state index contributed by atoms with van der Waals surface area (Å²) in [7, 11) is 0. The van der Waals surface area contributed by atoms with E-state index < -0.39 is 0 Å². The molecule has 0 amide bonds. The van der Waals surface area contributed by atoms with Crippen LogP contribution in [-0.2, 0) is 0 Å². The van der Waals surface area contributed by atoms with Crippen LogP contribution in [0, 0.1) is 5.92 Å². The minimum absolute atomic E-state index is 0.435. The van der Waals surface area contributed by atoms with Gasteiger partial charge < -0.3 is 5.11 Å². The van der Waals surface area contributed by atoms with Crippen LogP contribution in [0.1, 0.15) is 58.8 Å². The number of allylic oxidation sites excluding steroid dienone is 5. The molecule has 2 aliphatic rings. The molecule has 1 heteroatoms. The molecule has 0 spiro atoms. The van der Waals surface area contributed by atoms with Crippen LogP contribution in [0.15, 0.2) is 35.6 Å². The maximum absolute atomic E-state index is 9.08. The Morgan fingerprint density at radius 3 is 2.65 bits per heavy atom. The first kappa shape index (κ1) is 14.1. The van der Waals surface area contributed by atoms with Crippen LogP contribution in [0.4, 0.5) is 0 Å². The van der Waals surface area contributed by atoms with Crippen molar-refractivity contribution in [1.82, 2.24) is 0 Å². The lowest BCUT2D eigenvalue weighted by atomic mass is 9.95. The van der Waals surface area contributed by atoms with E-state index in [1.807, 2.05) is 12.2 Å². The van der Waals surface area contributed by atoms with E-state index in [2.05, 4.69) is 19.9 Å². The number of hydrogen-bond donors (Lipinski definition) is 1. The molecule has 0 saturated carbocycles. The van der Waals surface area contributed by atoms with Gasteiger partial charge in [0.1, 0.15) is 5.76 Å². The van der Waals surface area contributed by atoms with Crippen LogP contribution < -0.4 is 0 Å². The zero-order valence-electron chi connectivity index (χ0n) is 11.3. The lowest BCUT2D eigenvalue weighted by Gasteiger charge is -2.11. The highest BCUT2D eigenvalue weighted by Crippen LogP contribution is 2.19. The topological polar surface area (TPSA) is 20.2 Å². The predicted molar refractivity (Wildman–Crippen MR) is 75.1 cm³/mol. The van der Waals surface area contributed by atoms with Crippen LogP contribution in [0.3, 0.4) is 0 Å². The van der Waals surface area contributed by atoms with Crippen molar-refractivity contribution in [3.05, 3.63) is 35.6 Å². The Morgan fingerprint density at radius 2 is 2.18 bits per heavy atom. The normalized spacial score (nSPS) is 23.3. The highest BCUT2D eigenvalue weighted by Gasteiger charge is 2.06. The van der Waals surface area contributed by atoms with Crippen molar-refractivity contribution in [2.45, 2.75) is 58.8 Å². The summed E-state index contributed by atoms with van der Waals surface area (Å²) in [5.41, 5.74) is 1.59. The van der Waals surface area contributed by atoms with E-state index in [1.165, 1.54) is 38.5 Å². The first-order valence-corrected chi connectivity index (χ1v) is 6.95. The molecule has 0 radical (unpaired) electrons. The van der Waals surface area contributed by atoms with Crippen LogP contribution in [-0.4, -0.2) is 5.11 Å². The van der Waals surface area contributed by atoms with Crippen molar-refractivity contribution in [3.8, 4) is 0 Å². The van der Waals surface area contributed by atoms with E-state index in [1.54, 1.807) is 11.6 Å². The Bertz CT molecular complexity index is 297. The first-order valence-electron chi connectivity index (χ1n) is 6.95. The predicted octanol–water partition coefficient (Wildman–Crippen LogP) is 5.31. The monoisotopic (exact) mass is 234 g/mol. The van der Waals surface area contributed by atoms with Gasteiger partial charge in [-0.25, -0.2) is 0 Å². The van der Waals surface area contributed by atoms with Crippen molar-refractivity contribution >= 4 is 0 Å². The maximum atomic E-state index is 9.08. The summed E-state index contributed by atoms with van der Waals surface area (Å²) in [5.74, 6) is 1.01. The summed E-state index contributed by atoms with van der Waals surface area (Å²) in [6, 6.07) is 0. The molecule has 0 aromatic carbocycles. The second kappa shape index (κ2) is 8.16. The summed E-state index contributed by atoms with van der Waals surface area (Å²) >= 11 is 0. The molecule has 2 rings (SSSR count). The third-order valence-corrected chi connectivity index (χ3v) is 3.31. The molecule has 0 aromatic heterocycles. The fourth-order valence-electron chi connectivity index (χ4n) is 2.30.